The minimum Gasteiger partial charge on any atom is -0.396 e. The second-order valence-corrected chi connectivity index (χ2v) is 6.86. The Kier molecular flexibility index (Phi) is 4.72. The van der Waals surface area contributed by atoms with Crippen LogP contribution in [0, 0.1) is 0 Å². The molecule has 0 unspecified atom stereocenters. The Hall–Kier alpha value is -3.00. The number of nitrogens with one attached hydrogen (secondary N) is 1. The molecule has 0 saturated heterocycles. The van der Waals surface area contributed by atoms with E-state index in [1.165, 1.54) is 0 Å². The van der Waals surface area contributed by atoms with Crippen LogP contribution in [0.5, 0.6) is 0 Å². The van der Waals surface area contributed by atoms with Gasteiger partial charge in [-0.1, -0.05) is 47.6 Å². The first kappa shape index (κ1) is 17.4. The van der Waals surface area contributed by atoms with Crippen LogP contribution in [0.4, 0.5) is 0 Å². The number of rotatable bonds is 6. The van der Waals surface area contributed by atoms with Crippen molar-refractivity contribution in [2.24, 2.45) is 0 Å². The summed E-state index contributed by atoms with van der Waals surface area (Å²) in [7, 11) is 0. The van der Waals surface area contributed by atoms with Crippen molar-refractivity contribution in [3.8, 4) is 11.3 Å². The van der Waals surface area contributed by atoms with Crippen molar-refractivity contribution in [1.29, 1.82) is 0 Å². The molecule has 1 atom stereocenters. The van der Waals surface area contributed by atoms with Crippen LogP contribution in [0.25, 0.3) is 11.3 Å². The topological polar surface area (TPSA) is 114 Å². The van der Waals surface area contributed by atoms with Gasteiger partial charge in [0.05, 0.1) is 12.5 Å². The summed E-state index contributed by atoms with van der Waals surface area (Å²) in [5.41, 5.74) is 1.13. The number of nitrogens with zero attached hydrogens (tertiary/aromatic N) is 3. The summed E-state index contributed by atoms with van der Waals surface area (Å²) in [5.74, 6) is 1.35. The van der Waals surface area contributed by atoms with E-state index < -0.39 is 0 Å². The van der Waals surface area contributed by atoms with Crippen molar-refractivity contribution in [1.82, 2.24) is 20.6 Å². The summed E-state index contributed by atoms with van der Waals surface area (Å²) >= 11 is 0. The van der Waals surface area contributed by atoms with Gasteiger partial charge < -0.3 is 19.5 Å². The average Bonchev–Trinajstić information content (AvgIpc) is 3.34. The first-order valence-electron chi connectivity index (χ1n) is 8.91. The zero-order chi connectivity index (χ0) is 18.8. The molecule has 0 spiro atoms. The Morgan fingerprint density at radius 1 is 1.26 bits per heavy atom. The number of hydrogen-bond acceptors (Lipinski definition) is 7. The molecular formula is C19H20N4O4. The van der Waals surface area contributed by atoms with Gasteiger partial charge in [0, 0.05) is 23.6 Å². The van der Waals surface area contributed by atoms with Crippen LogP contribution < -0.4 is 5.32 Å². The molecule has 1 saturated carbocycles. The lowest BCUT2D eigenvalue weighted by Crippen LogP contribution is -2.43. The summed E-state index contributed by atoms with van der Waals surface area (Å²) in [6.45, 7) is 1.79. The minimum absolute atomic E-state index is 0.0341. The predicted molar refractivity (Wildman–Crippen MR) is 95.0 cm³/mol. The van der Waals surface area contributed by atoms with E-state index in [4.69, 9.17) is 14.2 Å². The van der Waals surface area contributed by atoms with Crippen molar-refractivity contribution in [2.45, 2.75) is 37.6 Å². The third-order valence-electron chi connectivity index (χ3n) is 4.79. The van der Waals surface area contributed by atoms with E-state index >= 15 is 0 Å². The van der Waals surface area contributed by atoms with E-state index in [2.05, 4.69) is 20.6 Å². The molecule has 0 bridgehead atoms. The van der Waals surface area contributed by atoms with Gasteiger partial charge in [-0.05, 0) is 12.8 Å². The molecule has 2 N–H and O–H groups in total. The van der Waals surface area contributed by atoms with Crippen LogP contribution in [-0.4, -0.2) is 39.0 Å². The predicted octanol–water partition coefficient (Wildman–Crippen LogP) is 2.50. The van der Waals surface area contributed by atoms with E-state index in [1.807, 2.05) is 37.3 Å². The SMILES string of the molecule is C[C@@H](CO)c1nc(C2CC(NC(=O)c3cc(-c4ccccc4)on3)C2)no1. The maximum Gasteiger partial charge on any atom is 0.273 e. The van der Waals surface area contributed by atoms with E-state index in [-0.39, 0.29) is 36.1 Å². The lowest BCUT2D eigenvalue weighted by atomic mass is 9.79. The molecular weight excluding hydrogens is 348 g/mol. The summed E-state index contributed by atoms with van der Waals surface area (Å²) in [4.78, 5) is 16.7. The fourth-order valence-corrected chi connectivity index (χ4v) is 3.02. The van der Waals surface area contributed by atoms with Gasteiger partial charge in [-0.3, -0.25) is 4.79 Å². The van der Waals surface area contributed by atoms with Crippen LogP contribution >= 0.6 is 0 Å². The molecule has 2 aromatic heterocycles. The quantitative estimate of drug-likeness (QED) is 0.687. The normalized spacial score (nSPS) is 20.1. The molecule has 1 aliphatic rings. The van der Waals surface area contributed by atoms with E-state index in [1.54, 1.807) is 6.07 Å². The lowest BCUT2D eigenvalue weighted by molar-refractivity contribution is 0.0898. The molecule has 27 heavy (non-hydrogen) atoms. The highest BCUT2D eigenvalue weighted by Crippen LogP contribution is 2.36. The number of benzene rings is 1. The number of aliphatic hydroxyl groups excluding tert-OH is 1. The Morgan fingerprint density at radius 3 is 2.78 bits per heavy atom. The fourth-order valence-electron chi connectivity index (χ4n) is 3.02. The first-order valence-corrected chi connectivity index (χ1v) is 8.91. The van der Waals surface area contributed by atoms with E-state index in [0.717, 1.165) is 18.4 Å². The molecule has 8 heteroatoms. The number of amides is 1. The standard InChI is InChI=1S/C19H20N4O4/c1-11(10-24)19-21-17(23-27-19)13-7-14(8-13)20-18(25)15-9-16(26-22-15)12-5-3-2-4-6-12/h2-6,9,11,13-14,24H,7-8,10H2,1H3,(H,20,25)/t11-,13?,14?/m0/s1. The molecule has 140 valence electrons. The van der Waals surface area contributed by atoms with Crippen LogP contribution in [0.1, 0.15) is 53.8 Å². The number of aliphatic hydroxyl groups is 1. The largest absolute Gasteiger partial charge is 0.396 e. The highest BCUT2D eigenvalue weighted by atomic mass is 16.5. The van der Waals surface area contributed by atoms with Crippen molar-refractivity contribution in [2.75, 3.05) is 6.61 Å². The molecule has 1 amide bonds. The summed E-state index contributed by atoms with van der Waals surface area (Å²) < 4.78 is 10.4. The van der Waals surface area contributed by atoms with Gasteiger partial charge in [0.15, 0.2) is 17.3 Å². The maximum atomic E-state index is 12.4. The summed E-state index contributed by atoms with van der Waals surface area (Å²) in [5, 5.41) is 19.9. The summed E-state index contributed by atoms with van der Waals surface area (Å²) in [6.07, 6.45) is 1.48. The van der Waals surface area contributed by atoms with Gasteiger partial charge in [-0.25, -0.2) is 0 Å². The third-order valence-corrected chi connectivity index (χ3v) is 4.79. The number of carbonyl (C=O) groups excluding carboxylic acids is 1. The van der Waals surface area contributed by atoms with Crippen molar-refractivity contribution >= 4 is 5.91 Å². The van der Waals surface area contributed by atoms with E-state index in [9.17, 15) is 4.79 Å². The maximum absolute atomic E-state index is 12.4. The molecule has 0 aliphatic heterocycles. The number of hydrogen-bond donors (Lipinski definition) is 2. The van der Waals surface area contributed by atoms with E-state index in [0.29, 0.717) is 17.5 Å². The van der Waals surface area contributed by atoms with Crippen LogP contribution in [0.15, 0.2) is 45.4 Å². The van der Waals surface area contributed by atoms with Crippen molar-refractivity contribution in [3.05, 3.63) is 53.8 Å². The number of carbonyl (C=O) groups is 1. The molecule has 0 radical (unpaired) electrons. The smallest absolute Gasteiger partial charge is 0.273 e. The average molecular weight is 368 g/mol. The zero-order valence-corrected chi connectivity index (χ0v) is 14.8. The van der Waals surface area contributed by atoms with Gasteiger partial charge in [0.1, 0.15) is 0 Å². The van der Waals surface area contributed by atoms with Gasteiger partial charge in [-0.15, -0.1) is 0 Å². The Bertz CT molecular complexity index is 915. The van der Waals surface area contributed by atoms with Gasteiger partial charge in [0.25, 0.3) is 5.91 Å². The third kappa shape index (κ3) is 3.61. The first-order chi connectivity index (χ1) is 13.1. The van der Waals surface area contributed by atoms with Gasteiger partial charge in [0.2, 0.25) is 5.89 Å². The highest BCUT2D eigenvalue weighted by molar-refractivity contribution is 5.93. The Labute approximate surface area is 155 Å². The monoisotopic (exact) mass is 368 g/mol. The summed E-state index contributed by atoms with van der Waals surface area (Å²) in [6, 6.07) is 11.2. The molecule has 1 aromatic carbocycles. The molecule has 1 fully saturated rings. The van der Waals surface area contributed by atoms with Crippen molar-refractivity contribution < 1.29 is 18.9 Å². The molecule has 4 rings (SSSR count). The molecule has 1 aliphatic carbocycles. The van der Waals surface area contributed by atoms with Crippen LogP contribution in [0.3, 0.4) is 0 Å². The van der Waals surface area contributed by atoms with Gasteiger partial charge >= 0.3 is 0 Å². The number of aromatic nitrogens is 3. The second-order valence-electron chi connectivity index (χ2n) is 6.86. The van der Waals surface area contributed by atoms with Gasteiger partial charge in [-0.2, -0.15) is 4.98 Å². The lowest BCUT2D eigenvalue weighted by Gasteiger charge is -2.33. The fraction of sp³-hybridized carbons (Fsp3) is 0.368. The van der Waals surface area contributed by atoms with Crippen molar-refractivity contribution in [3.63, 3.8) is 0 Å². The molecule has 8 nitrogen and oxygen atoms in total. The Morgan fingerprint density at radius 2 is 2.04 bits per heavy atom. The Balaban J connectivity index is 1.32. The van der Waals surface area contributed by atoms with Crippen LogP contribution in [0.2, 0.25) is 0 Å². The molecule has 3 aromatic rings. The second kappa shape index (κ2) is 7.32. The van der Waals surface area contributed by atoms with Crippen LogP contribution in [-0.2, 0) is 0 Å². The minimum atomic E-state index is -0.257. The zero-order valence-electron chi connectivity index (χ0n) is 14.8. The molecule has 2 heterocycles. The highest BCUT2D eigenvalue weighted by Gasteiger charge is 2.35.